The van der Waals surface area contributed by atoms with Crippen LogP contribution >= 0.6 is 7.82 Å². The summed E-state index contributed by atoms with van der Waals surface area (Å²) in [5.74, 6) is 0.341. The number of ether oxygens (including phenoxy) is 3. The first-order valence-electron chi connectivity index (χ1n) is 23.2. The van der Waals surface area contributed by atoms with Crippen LogP contribution in [0.5, 0.6) is 17.2 Å². The first kappa shape index (κ1) is 49.2. The van der Waals surface area contributed by atoms with Crippen molar-refractivity contribution in [3.05, 3.63) is 132 Å². The van der Waals surface area contributed by atoms with E-state index in [0.717, 1.165) is 83.8 Å². The molecule has 0 saturated carbocycles. The molecule has 69 heavy (non-hydrogen) atoms. The lowest BCUT2D eigenvalue weighted by molar-refractivity contribution is -0.324. The fourth-order valence-corrected chi connectivity index (χ4v) is 9.67. The minimum Gasteiger partial charge on any atom is -0.494 e. The van der Waals surface area contributed by atoms with Crippen molar-refractivity contribution in [3.8, 4) is 17.2 Å². The van der Waals surface area contributed by atoms with Gasteiger partial charge in [-0.1, -0.05) is 18.2 Å². The van der Waals surface area contributed by atoms with Gasteiger partial charge in [0.25, 0.3) is 5.56 Å². The third-order valence-electron chi connectivity index (χ3n) is 12.6. The molecule has 0 spiro atoms. The van der Waals surface area contributed by atoms with E-state index in [1.807, 2.05) is 0 Å². The molecule has 20 heteroatoms. The number of H-pyrrole nitrogens is 1. The second-order valence-electron chi connectivity index (χ2n) is 17.1. The van der Waals surface area contributed by atoms with E-state index in [2.05, 4.69) is 69.0 Å². The van der Waals surface area contributed by atoms with Crippen molar-refractivity contribution in [2.24, 2.45) is 0 Å². The van der Waals surface area contributed by atoms with Crippen LogP contribution in [0.4, 0.5) is 5.69 Å². The molecule has 1 amide bonds. The van der Waals surface area contributed by atoms with Gasteiger partial charge in [-0.25, -0.2) is 28.5 Å². The third kappa shape index (κ3) is 11.3. The summed E-state index contributed by atoms with van der Waals surface area (Å²) >= 11 is 0. The van der Waals surface area contributed by atoms with Crippen molar-refractivity contribution in [1.29, 1.82) is 0 Å². The highest BCUT2D eigenvalue weighted by atomic mass is 31.2. The molecule has 1 aromatic heterocycles. The van der Waals surface area contributed by atoms with E-state index < -0.39 is 50.1 Å². The highest BCUT2D eigenvalue weighted by Crippen LogP contribution is 2.43. The van der Waals surface area contributed by atoms with Gasteiger partial charge in [-0.3, -0.25) is 23.7 Å². The van der Waals surface area contributed by atoms with E-state index in [4.69, 9.17) is 24.0 Å². The smallest absolute Gasteiger partial charge is 0.469 e. The predicted molar refractivity (Wildman–Crippen MR) is 254 cm³/mol. The summed E-state index contributed by atoms with van der Waals surface area (Å²) in [5.41, 5.74) is 4.43. The van der Waals surface area contributed by atoms with Crippen molar-refractivity contribution in [2.75, 3.05) is 57.4 Å². The minimum absolute atomic E-state index is 0.00602. The van der Waals surface area contributed by atoms with Crippen molar-refractivity contribution in [2.45, 2.75) is 77.2 Å². The molecular weight excluding hydrogens is 914 g/mol. The highest BCUT2D eigenvalue weighted by Gasteiger charge is 2.40. The van der Waals surface area contributed by atoms with Crippen LogP contribution in [0.3, 0.4) is 0 Å². The van der Waals surface area contributed by atoms with E-state index in [-0.39, 0.29) is 49.6 Å². The summed E-state index contributed by atoms with van der Waals surface area (Å²) in [4.78, 5) is 84.6. The van der Waals surface area contributed by atoms with Gasteiger partial charge >= 0.3 is 19.5 Å². The molecule has 3 atom stereocenters. The number of phosphoric ester groups is 1. The molecule has 1 saturated heterocycles. The molecule has 0 aliphatic carbocycles. The number of aromatic carboxylic acids is 1. The van der Waals surface area contributed by atoms with Gasteiger partial charge in [0.05, 0.1) is 30.4 Å². The maximum Gasteiger partial charge on any atom is 0.469 e. The SMILES string of the molecule is C=CCOOC1C[C@H](n2cc(/C=C/CNC(=O)CCCOc3ccc(C4=c5cc6c(cc5Oc5cc7c(cc54)CCCN7CC)=[N+](CC)CCC6)c(C(=O)O)c3)c(=O)[nH]c2=O)O[C@@H]1COP(=O)(O)O. The first-order chi connectivity index (χ1) is 33.2. The summed E-state index contributed by atoms with van der Waals surface area (Å²) in [5, 5.41) is 15.4. The Kier molecular flexibility index (Phi) is 15.4. The number of carbonyl (C=O) groups is 2. The predicted octanol–water partition coefficient (Wildman–Crippen LogP) is 3.71. The molecule has 3 aromatic carbocycles. The maximum absolute atomic E-state index is 13.1. The van der Waals surface area contributed by atoms with Gasteiger partial charge in [-0.15, -0.1) is 6.58 Å². The molecule has 366 valence electrons. The molecule has 5 N–H and O–H groups in total. The second kappa shape index (κ2) is 21.6. The zero-order valence-corrected chi connectivity index (χ0v) is 39.4. The molecule has 4 aliphatic heterocycles. The van der Waals surface area contributed by atoms with Gasteiger partial charge < -0.3 is 39.3 Å². The normalized spacial score (nSPS) is 18.6. The summed E-state index contributed by atoms with van der Waals surface area (Å²) in [6.07, 6.45) is 6.99. The van der Waals surface area contributed by atoms with Gasteiger partial charge in [0.2, 0.25) is 11.3 Å². The van der Waals surface area contributed by atoms with Crippen molar-refractivity contribution in [3.63, 3.8) is 0 Å². The Morgan fingerprint density at radius 1 is 1.06 bits per heavy atom. The van der Waals surface area contributed by atoms with Crippen LogP contribution in [-0.2, 0) is 41.2 Å². The van der Waals surface area contributed by atoms with Gasteiger partial charge in [0, 0.05) is 78.8 Å². The van der Waals surface area contributed by atoms with E-state index in [0.29, 0.717) is 29.2 Å². The first-order valence-corrected chi connectivity index (χ1v) is 24.7. The molecule has 1 fully saturated rings. The number of hydrogen-bond donors (Lipinski definition) is 5. The van der Waals surface area contributed by atoms with E-state index in [9.17, 15) is 38.6 Å². The Labute approximate surface area is 397 Å². The molecule has 5 heterocycles. The number of aromatic amines is 1. The number of phosphoric acid groups is 1. The number of carbonyl (C=O) groups excluding carboxylic acids is 1. The number of rotatable bonds is 20. The number of amides is 1. The van der Waals surface area contributed by atoms with Crippen LogP contribution in [0.1, 0.15) is 90.4 Å². The van der Waals surface area contributed by atoms with E-state index in [1.54, 1.807) is 12.1 Å². The largest absolute Gasteiger partial charge is 0.494 e. The highest BCUT2D eigenvalue weighted by molar-refractivity contribution is 7.46. The molecule has 0 radical (unpaired) electrons. The molecule has 4 aromatic rings. The topological polar surface area (TPSA) is 240 Å². The number of nitrogens with zero attached hydrogens (tertiary/aromatic N) is 3. The quantitative estimate of drug-likeness (QED) is 0.0187. The fourth-order valence-electron chi connectivity index (χ4n) is 9.33. The van der Waals surface area contributed by atoms with Crippen LogP contribution in [-0.4, -0.2) is 101 Å². The zero-order valence-electron chi connectivity index (χ0n) is 38.5. The van der Waals surface area contributed by atoms with Crippen LogP contribution in [0.2, 0.25) is 0 Å². The van der Waals surface area contributed by atoms with Crippen LogP contribution in [0.15, 0.2) is 77.0 Å². The lowest BCUT2D eigenvalue weighted by Gasteiger charge is -2.32. The molecule has 8 rings (SSSR count). The average molecular weight is 971 g/mol. The number of fused-ring (bicyclic) bond motifs is 4. The Morgan fingerprint density at radius 2 is 1.88 bits per heavy atom. The Bertz CT molecular complexity index is 2960. The van der Waals surface area contributed by atoms with Gasteiger partial charge in [-0.05, 0) is 81.0 Å². The van der Waals surface area contributed by atoms with Crippen LogP contribution in [0, 0.1) is 0 Å². The molecular formula is C49H57N5O14P+. The summed E-state index contributed by atoms with van der Waals surface area (Å²) in [7, 11) is -4.85. The Morgan fingerprint density at radius 3 is 2.65 bits per heavy atom. The van der Waals surface area contributed by atoms with Crippen molar-refractivity contribution < 1.29 is 57.6 Å². The van der Waals surface area contributed by atoms with Gasteiger partial charge in [-0.2, -0.15) is 0 Å². The lowest BCUT2D eigenvalue weighted by atomic mass is 9.86. The molecule has 19 nitrogen and oxygen atoms in total. The summed E-state index contributed by atoms with van der Waals surface area (Å²) < 4.78 is 37.9. The van der Waals surface area contributed by atoms with Crippen molar-refractivity contribution in [1.82, 2.24) is 19.4 Å². The van der Waals surface area contributed by atoms with Gasteiger partial charge in [0.1, 0.15) is 55.4 Å². The Balaban J connectivity index is 0.923. The zero-order chi connectivity index (χ0) is 48.8. The van der Waals surface area contributed by atoms with E-state index >= 15 is 0 Å². The average Bonchev–Trinajstić information content (AvgIpc) is 3.74. The number of aromatic nitrogens is 2. The van der Waals surface area contributed by atoms with E-state index in [1.165, 1.54) is 41.6 Å². The van der Waals surface area contributed by atoms with Crippen molar-refractivity contribution >= 4 is 37.0 Å². The molecule has 0 bridgehead atoms. The number of hydrogen-bond acceptors (Lipinski definition) is 12. The standard InChI is InChI=1S/C49H56N5O14P/c1-4-20-64-68-42-27-45(67-43(42)29-65-69(60,61)62)54-28-32(47(56)51-49(54)59)11-7-17-50-44(55)14-10-21-63-33-15-16-34(35(24-33)48(57)58)46-36-22-30-12-8-18-52(5-2)38(30)25-40(36)66-41-26-39-31(23-37(41)46)13-9-19-53(39)6-3/h4,7,11,15-16,22-26,28,42-43,45H,1,5-6,8-10,12-14,17-21,27,29H2,2-3H3,(H4-,50,51,55,56,57,58,59,60,61,62)/p+1/b11-7+/t42?,43-,45-/m1/s1. The van der Waals surface area contributed by atoms with Gasteiger partial charge in [0.15, 0.2) is 0 Å². The maximum atomic E-state index is 13.1. The summed E-state index contributed by atoms with van der Waals surface area (Å²) in [6.45, 7) is 11.1. The van der Waals surface area contributed by atoms with Crippen LogP contribution in [0.25, 0.3) is 11.6 Å². The molecule has 1 unspecified atom stereocenters. The number of anilines is 1. The fraction of sp³-hybridized carbons (Fsp3) is 0.408. The van der Waals surface area contributed by atoms with Crippen LogP contribution < -0.4 is 46.1 Å². The Hall–Kier alpha value is -6.18. The molecule has 4 aliphatic rings. The summed E-state index contributed by atoms with van der Waals surface area (Å²) in [6, 6.07) is 13.7. The number of carboxylic acids is 1. The lowest BCUT2D eigenvalue weighted by Crippen LogP contribution is -2.39. The monoisotopic (exact) mass is 970 g/mol. The minimum atomic E-state index is -4.85. The number of carboxylic acid groups (broad SMARTS) is 1. The second-order valence-corrected chi connectivity index (χ2v) is 18.3. The third-order valence-corrected chi connectivity index (χ3v) is 13.1. The number of nitrogens with one attached hydrogen (secondary N) is 2. The number of benzene rings is 3. The number of aryl methyl sites for hydroxylation is 2.